The van der Waals surface area contributed by atoms with Gasteiger partial charge in [0.05, 0.1) is 16.8 Å². The van der Waals surface area contributed by atoms with Crippen LogP contribution in [-0.4, -0.2) is 58.1 Å². The van der Waals surface area contributed by atoms with Crippen LogP contribution in [0.1, 0.15) is 48.6 Å². The fourth-order valence-corrected chi connectivity index (χ4v) is 4.97. The molecule has 208 valence electrons. The standard InChI is InChI=1S/C28H33F4N7/c1-37(2)13-14-39-16-24(20-6-8-23(29)22(15-20)28(30,31)32)36-26(39)19-9-11-38(12-10-19)27-21(7-5-18-3-4-18)25(33)34-17-35-27/h5-8,15-19H,3-4,9-14H2,1-2H3,(H2,33,34,35)/b7-5+. The first kappa shape index (κ1) is 27.1. The molecule has 3 aromatic rings. The minimum absolute atomic E-state index is 0.115. The van der Waals surface area contributed by atoms with Crippen LogP contribution in [-0.2, 0) is 12.7 Å². The van der Waals surface area contributed by atoms with Gasteiger partial charge in [-0.15, -0.1) is 0 Å². The quantitative estimate of drug-likeness (QED) is 0.381. The van der Waals surface area contributed by atoms with Crippen molar-refractivity contribution in [3.8, 4) is 11.3 Å². The first-order chi connectivity index (χ1) is 18.6. The molecule has 7 nitrogen and oxygen atoms in total. The highest BCUT2D eigenvalue weighted by atomic mass is 19.4. The summed E-state index contributed by atoms with van der Waals surface area (Å²) in [6.07, 6.45) is 6.69. The molecule has 2 aliphatic rings. The summed E-state index contributed by atoms with van der Waals surface area (Å²) >= 11 is 0. The SMILES string of the molecule is CN(C)CCn1cc(-c2ccc(F)c(C(F)(F)F)c2)nc1C1CCN(c2ncnc(N)c2/C=C/C2CC2)CC1. The number of nitrogens with two attached hydrogens (primary N) is 1. The van der Waals surface area contributed by atoms with Crippen molar-refractivity contribution in [1.29, 1.82) is 0 Å². The molecule has 39 heavy (non-hydrogen) atoms. The largest absolute Gasteiger partial charge is 0.419 e. The van der Waals surface area contributed by atoms with Gasteiger partial charge in [-0.2, -0.15) is 13.2 Å². The van der Waals surface area contributed by atoms with Crippen molar-refractivity contribution in [3.63, 3.8) is 0 Å². The maximum absolute atomic E-state index is 13.9. The number of nitrogens with zero attached hydrogens (tertiary/aromatic N) is 6. The van der Waals surface area contributed by atoms with E-state index in [4.69, 9.17) is 10.7 Å². The van der Waals surface area contributed by atoms with Gasteiger partial charge in [0.25, 0.3) is 0 Å². The maximum atomic E-state index is 13.9. The van der Waals surface area contributed by atoms with Crippen LogP contribution >= 0.6 is 0 Å². The molecule has 11 heteroatoms. The van der Waals surface area contributed by atoms with Gasteiger partial charge in [0, 0.05) is 43.9 Å². The Morgan fingerprint density at radius 3 is 2.51 bits per heavy atom. The van der Waals surface area contributed by atoms with E-state index in [2.05, 4.69) is 20.9 Å². The monoisotopic (exact) mass is 543 g/mol. The second-order valence-corrected chi connectivity index (χ2v) is 10.6. The molecule has 2 fully saturated rings. The minimum Gasteiger partial charge on any atom is -0.383 e. The number of imidazole rings is 1. The number of anilines is 2. The second kappa shape index (κ2) is 11.0. The summed E-state index contributed by atoms with van der Waals surface area (Å²) in [7, 11) is 3.93. The zero-order chi connectivity index (χ0) is 27.7. The van der Waals surface area contributed by atoms with Crippen LogP contribution in [0.5, 0.6) is 0 Å². The summed E-state index contributed by atoms with van der Waals surface area (Å²) in [5, 5.41) is 0. The van der Waals surface area contributed by atoms with Gasteiger partial charge >= 0.3 is 6.18 Å². The first-order valence-corrected chi connectivity index (χ1v) is 13.2. The Kier molecular flexibility index (Phi) is 7.61. The summed E-state index contributed by atoms with van der Waals surface area (Å²) in [4.78, 5) is 17.8. The van der Waals surface area contributed by atoms with Gasteiger partial charge in [0.2, 0.25) is 0 Å². The lowest BCUT2D eigenvalue weighted by Crippen LogP contribution is -2.35. The molecule has 1 aliphatic carbocycles. The van der Waals surface area contributed by atoms with Gasteiger partial charge in [0.15, 0.2) is 0 Å². The van der Waals surface area contributed by atoms with Gasteiger partial charge in [-0.1, -0.05) is 12.2 Å². The molecule has 0 amide bonds. The van der Waals surface area contributed by atoms with Gasteiger partial charge in [-0.05, 0) is 63.9 Å². The van der Waals surface area contributed by atoms with E-state index in [1.54, 1.807) is 6.20 Å². The van der Waals surface area contributed by atoms with E-state index in [1.165, 1.54) is 25.2 Å². The Morgan fingerprint density at radius 1 is 1.10 bits per heavy atom. The van der Waals surface area contributed by atoms with E-state index in [9.17, 15) is 17.6 Å². The van der Waals surface area contributed by atoms with Gasteiger partial charge in [-0.25, -0.2) is 19.3 Å². The topological polar surface area (TPSA) is 76.1 Å². The number of rotatable bonds is 8. The molecule has 1 aliphatic heterocycles. The van der Waals surface area contributed by atoms with E-state index in [0.29, 0.717) is 24.0 Å². The summed E-state index contributed by atoms with van der Waals surface area (Å²) in [5.41, 5.74) is 6.41. The van der Waals surface area contributed by atoms with Crippen molar-refractivity contribution in [2.75, 3.05) is 44.4 Å². The maximum Gasteiger partial charge on any atom is 0.419 e. The normalized spacial score (nSPS) is 17.1. The lowest BCUT2D eigenvalue weighted by molar-refractivity contribution is -0.139. The first-order valence-electron chi connectivity index (χ1n) is 13.2. The van der Waals surface area contributed by atoms with Gasteiger partial charge in [-0.3, -0.25) is 0 Å². The van der Waals surface area contributed by atoms with Crippen molar-refractivity contribution in [3.05, 3.63) is 59.6 Å². The number of aromatic nitrogens is 4. The number of benzene rings is 1. The van der Waals surface area contributed by atoms with Crippen LogP contribution in [0.3, 0.4) is 0 Å². The molecule has 0 unspecified atom stereocenters. The van der Waals surface area contributed by atoms with Gasteiger partial charge < -0.3 is 20.1 Å². The highest BCUT2D eigenvalue weighted by Crippen LogP contribution is 2.37. The van der Waals surface area contributed by atoms with Crippen LogP contribution in [0.4, 0.5) is 29.2 Å². The van der Waals surface area contributed by atoms with E-state index in [0.717, 1.165) is 61.8 Å². The third-order valence-electron chi connectivity index (χ3n) is 7.37. The summed E-state index contributed by atoms with van der Waals surface area (Å²) in [6, 6.07) is 3.06. The zero-order valence-electron chi connectivity index (χ0n) is 22.1. The Bertz CT molecular complexity index is 1340. The summed E-state index contributed by atoms with van der Waals surface area (Å²) < 4.78 is 56.0. The molecule has 3 heterocycles. The fourth-order valence-electron chi connectivity index (χ4n) is 4.97. The Labute approximate surface area is 225 Å². The number of alkyl halides is 3. The average Bonchev–Trinajstić information content (AvgIpc) is 3.63. The Hall–Kier alpha value is -3.47. The Balaban J connectivity index is 1.39. The molecule has 2 N–H and O–H groups in total. The third kappa shape index (κ3) is 6.24. The van der Waals surface area contributed by atoms with Gasteiger partial charge in [0.1, 0.15) is 29.6 Å². The number of piperidine rings is 1. The predicted molar refractivity (Wildman–Crippen MR) is 144 cm³/mol. The number of hydrogen-bond donors (Lipinski definition) is 1. The van der Waals surface area contributed by atoms with Crippen LogP contribution in [0.25, 0.3) is 17.3 Å². The third-order valence-corrected chi connectivity index (χ3v) is 7.37. The fraction of sp³-hybridized carbons (Fsp3) is 0.464. The average molecular weight is 544 g/mol. The summed E-state index contributed by atoms with van der Waals surface area (Å²) in [6.45, 7) is 2.85. The van der Waals surface area contributed by atoms with E-state index in [-0.39, 0.29) is 11.5 Å². The molecule has 0 spiro atoms. The lowest BCUT2D eigenvalue weighted by Gasteiger charge is -2.33. The molecular weight excluding hydrogens is 510 g/mol. The van der Waals surface area contributed by atoms with E-state index < -0.39 is 17.6 Å². The van der Waals surface area contributed by atoms with Crippen molar-refractivity contribution in [1.82, 2.24) is 24.4 Å². The predicted octanol–water partition coefficient (Wildman–Crippen LogP) is 5.45. The molecule has 2 aromatic heterocycles. The molecule has 1 aromatic carbocycles. The van der Waals surface area contributed by atoms with E-state index in [1.807, 2.05) is 29.6 Å². The smallest absolute Gasteiger partial charge is 0.383 e. The summed E-state index contributed by atoms with van der Waals surface area (Å²) in [5.74, 6) is 1.54. The van der Waals surface area contributed by atoms with Crippen LogP contribution in [0.2, 0.25) is 0 Å². The molecule has 0 bridgehead atoms. The molecule has 1 saturated heterocycles. The molecule has 0 atom stereocenters. The number of nitrogen functional groups attached to an aromatic ring is 1. The number of hydrogen-bond acceptors (Lipinski definition) is 6. The van der Waals surface area contributed by atoms with Crippen molar-refractivity contribution in [2.24, 2.45) is 5.92 Å². The Morgan fingerprint density at radius 2 is 1.85 bits per heavy atom. The highest BCUT2D eigenvalue weighted by Gasteiger charge is 2.35. The lowest BCUT2D eigenvalue weighted by atomic mass is 9.95. The minimum atomic E-state index is -4.78. The number of halogens is 4. The molecule has 0 radical (unpaired) electrons. The van der Waals surface area contributed by atoms with Crippen LogP contribution in [0.15, 0.2) is 36.8 Å². The zero-order valence-corrected chi connectivity index (χ0v) is 22.1. The second-order valence-electron chi connectivity index (χ2n) is 10.6. The van der Waals surface area contributed by atoms with Crippen LogP contribution in [0, 0.1) is 11.7 Å². The van der Waals surface area contributed by atoms with Crippen molar-refractivity contribution in [2.45, 2.75) is 44.3 Å². The molecular formula is C28H33F4N7. The number of likely N-dealkylation sites (N-methyl/N-ethyl adjacent to an activating group) is 1. The molecule has 1 saturated carbocycles. The molecule has 5 rings (SSSR count). The van der Waals surface area contributed by atoms with Crippen molar-refractivity contribution >= 4 is 17.7 Å². The van der Waals surface area contributed by atoms with E-state index >= 15 is 0 Å². The number of allylic oxidation sites excluding steroid dienone is 1. The van der Waals surface area contributed by atoms with Crippen LogP contribution < -0.4 is 10.6 Å². The highest BCUT2D eigenvalue weighted by molar-refractivity contribution is 5.72. The van der Waals surface area contributed by atoms with Crippen molar-refractivity contribution < 1.29 is 17.6 Å².